The van der Waals surface area contributed by atoms with Crippen LogP contribution >= 0.6 is 0 Å². The van der Waals surface area contributed by atoms with Gasteiger partial charge in [-0.05, 0) is 17.5 Å². The van der Waals surface area contributed by atoms with E-state index in [1.165, 1.54) is 0 Å². The molecule has 0 fully saturated rings. The minimum absolute atomic E-state index is 0.0288. The van der Waals surface area contributed by atoms with Gasteiger partial charge in [0.25, 0.3) is 0 Å². The molecule has 0 radical (unpaired) electrons. The van der Waals surface area contributed by atoms with Gasteiger partial charge in [-0.25, -0.2) is 0 Å². The maximum absolute atomic E-state index is 11.9. The number of carbonyl (C=O) groups excluding carboxylic acids is 1. The van der Waals surface area contributed by atoms with Crippen molar-refractivity contribution in [2.75, 3.05) is 7.05 Å². The SMILES string of the molecule is CC(C)[C@@H](N)C(=O)N(C)Cc1cccnc1. The lowest BCUT2D eigenvalue weighted by Crippen LogP contribution is -2.44. The van der Waals surface area contributed by atoms with Crippen molar-refractivity contribution in [3.8, 4) is 0 Å². The average Bonchev–Trinajstić information content (AvgIpc) is 2.28. The van der Waals surface area contributed by atoms with Gasteiger partial charge in [-0.15, -0.1) is 0 Å². The standard InChI is InChI=1S/C12H19N3O/c1-9(2)11(13)12(16)15(3)8-10-5-4-6-14-7-10/h4-7,9,11H,8,13H2,1-3H3/t11-/m1/s1. The summed E-state index contributed by atoms with van der Waals surface area (Å²) in [5.74, 6) is 0.128. The second-order valence-electron chi connectivity index (χ2n) is 4.33. The summed E-state index contributed by atoms with van der Waals surface area (Å²) >= 11 is 0. The largest absolute Gasteiger partial charge is 0.340 e. The van der Waals surface area contributed by atoms with Crippen molar-refractivity contribution in [1.82, 2.24) is 9.88 Å². The number of likely N-dealkylation sites (N-methyl/N-ethyl adjacent to an activating group) is 1. The van der Waals surface area contributed by atoms with Gasteiger partial charge in [0.1, 0.15) is 0 Å². The van der Waals surface area contributed by atoms with Crippen molar-refractivity contribution in [1.29, 1.82) is 0 Å². The highest BCUT2D eigenvalue weighted by atomic mass is 16.2. The molecule has 0 spiro atoms. The summed E-state index contributed by atoms with van der Waals surface area (Å²) in [6.45, 7) is 4.44. The summed E-state index contributed by atoms with van der Waals surface area (Å²) in [5.41, 5.74) is 6.82. The second-order valence-corrected chi connectivity index (χ2v) is 4.33. The Hall–Kier alpha value is -1.42. The molecule has 0 saturated heterocycles. The summed E-state index contributed by atoms with van der Waals surface area (Å²) in [6.07, 6.45) is 3.47. The van der Waals surface area contributed by atoms with Gasteiger partial charge in [-0.3, -0.25) is 9.78 Å². The number of carbonyl (C=O) groups is 1. The third kappa shape index (κ3) is 3.31. The Bertz CT molecular complexity index is 337. The molecule has 0 aromatic carbocycles. The van der Waals surface area contributed by atoms with E-state index in [1.54, 1.807) is 24.3 Å². The molecule has 1 aromatic heterocycles. The normalized spacial score (nSPS) is 12.6. The molecule has 1 aromatic rings. The van der Waals surface area contributed by atoms with Crippen LogP contribution in [0.5, 0.6) is 0 Å². The van der Waals surface area contributed by atoms with Crippen LogP contribution in [0.2, 0.25) is 0 Å². The van der Waals surface area contributed by atoms with E-state index in [4.69, 9.17) is 5.73 Å². The number of aromatic nitrogens is 1. The summed E-state index contributed by atoms with van der Waals surface area (Å²) in [6, 6.07) is 3.37. The fourth-order valence-electron chi connectivity index (χ4n) is 1.38. The van der Waals surface area contributed by atoms with Crippen molar-refractivity contribution in [2.45, 2.75) is 26.4 Å². The van der Waals surface area contributed by atoms with E-state index in [0.29, 0.717) is 6.54 Å². The molecule has 1 atom stereocenters. The number of hydrogen-bond acceptors (Lipinski definition) is 3. The lowest BCUT2D eigenvalue weighted by molar-refractivity contribution is -0.132. The molecule has 0 aliphatic heterocycles. The minimum atomic E-state index is -0.429. The zero-order chi connectivity index (χ0) is 12.1. The van der Waals surface area contributed by atoms with E-state index in [2.05, 4.69) is 4.98 Å². The minimum Gasteiger partial charge on any atom is -0.340 e. The van der Waals surface area contributed by atoms with Crippen molar-refractivity contribution in [3.63, 3.8) is 0 Å². The van der Waals surface area contributed by atoms with Gasteiger partial charge >= 0.3 is 0 Å². The van der Waals surface area contributed by atoms with Crippen LogP contribution in [0.15, 0.2) is 24.5 Å². The molecule has 0 saturated carbocycles. The topological polar surface area (TPSA) is 59.2 Å². The predicted octanol–water partition coefficient (Wildman–Crippen LogP) is 1.02. The summed E-state index contributed by atoms with van der Waals surface area (Å²) in [4.78, 5) is 17.5. The van der Waals surface area contributed by atoms with Gasteiger partial charge < -0.3 is 10.6 Å². The van der Waals surface area contributed by atoms with Gasteiger partial charge in [0.2, 0.25) is 5.91 Å². The van der Waals surface area contributed by atoms with Gasteiger partial charge in [-0.1, -0.05) is 19.9 Å². The molecule has 1 heterocycles. The maximum atomic E-state index is 11.9. The van der Waals surface area contributed by atoms with E-state index in [-0.39, 0.29) is 11.8 Å². The Morgan fingerprint density at radius 1 is 1.56 bits per heavy atom. The van der Waals surface area contributed by atoms with Crippen LogP contribution in [0.1, 0.15) is 19.4 Å². The molecule has 0 aliphatic carbocycles. The number of nitrogens with zero attached hydrogens (tertiary/aromatic N) is 2. The molecule has 0 unspecified atom stereocenters. The number of nitrogens with two attached hydrogens (primary N) is 1. The van der Waals surface area contributed by atoms with Gasteiger partial charge in [0.05, 0.1) is 6.04 Å². The van der Waals surface area contributed by atoms with Crippen molar-refractivity contribution >= 4 is 5.91 Å². The predicted molar refractivity (Wildman–Crippen MR) is 63.5 cm³/mol. The smallest absolute Gasteiger partial charge is 0.239 e. The van der Waals surface area contributed by atoms with Crippen LogP contribution < -0.4 is 5.73 Å². The van der Waals surface area contributed by atoms with Crippen LogP contribution in [-0.4, -0.2) is 28.9 Å². The van der Waals surface area contributed by atoms with Crippen molar-refractivity contribution < 1.29 is 4.79 Å². The molecule has 0 bridgehead atoms. The highest BCUT2D eigenvalue weighted by Gasteiger charge is 2.20. The Labute approximate surface area is 96.5 Å². The highest BCUT2D eigenvalue weighted by Crippen LogP contribution is 2.06. The van der Waals surface area contributed by atoms with Crippen molar-refractivity contribution in [2.24, 2.45) is 11.7 Å². The molecule has 0 aliphatic rings. The number of hydrogen-bond donors (Lipinski definition) is 1. The summed E-state index contributed by atoms with van der Waals surface area (Å²) < 4.78 is 0. The third-order valence-electron chi connectivity index (χ3n) is 2.52. The molecule has 1 rings (SSSR count). The van der Waals surface area contributed by atoms with E-state index < -0.39 is 6.04 Å². The zero-order valence-corrected chi connectivity index (χ0v) is 10.1. The first-order valence-corrected chi connectivity index (χ1v) is 5.42. The van der Waals surface area contributed by atoms with Crippen LogP contribution in [0.3, 0.4) is 0 Å². The molecular weight excluding hydrogens is 202 g/mol. The van der Waals surface area contributed by atoms with Crippen LogP contribution in [-0.2, 0) is 11.3 Å². The Morgan fingerprint density at radius 2 is 2.25 bits per heavy atom. The lowest BCUT2D eigenvalue weighted by Gasteiger charge is -2.23. The lowest BCUT2D eigenvalue weighted by atomic mass is 10.0. The van der Waals surface area contributed by atoms with E-state index in [9.17, 15) is 4.79 Å². The first-order chi connectivity index (χ1) is 7.52. The van der Waals surface area contributed by atoms with E-state index in [1.807, 2.05) is 26.0 Å². The zero-order valence-electron chi connectivity index (χ0n) is 10.1. The second kappa shape index (κ2) is 5.61. The van der Waals surface area contributed by atoms with Gasteiger partial charge in [0, 0.05) is 26.0 Å². The Balaban J connectivity index is 2.59. The third-order valence-corrected chi connectivity index (χ3v) is 2.52. The van der Waals surface area contributed by atoms with Crippen LogP contribution in [0.4, 0.5) is 0 Å². The van der Waals surface area contributed by atoms with E-state index >= 15 is 0 Å². The molecule has 16 heavy (non-hydrogen) atoms. The molecule has 2 N–H and O–H groups in total. The highest BCUT2D eigenvalue weighted by molar-refractivity contribution is 5.81. The Morgan fingerprint density at radius 3 is 2.75 bits per heavy atom. The first kappa shape index (κ1) is 12.6. The summed E-state index contributed by atoms with van der Waals surface area (Å²) in [5, 5.41) is 0. The molecule has 4 heteroatoms. The van der Waals surface area contributed by atoms with Crippen molar-refractivity contribution in [3.05, 3.63) is 30.1 Å². The Kier molecular flexibility index (Phi) is 4.43. The number of rotatable bonds is 4. The monoisotopic (exact) mass is 221 g/mol. The fraction of sp³-hybridized carbons (Fsp3) is 0.500. The molecule has 88 valence electrons. The van der Waals surface area contributed by atoms with E-state index in [0.717, 1.165) is 5.56 Å². The average molecular weight is 221 g/mol. The molecule has 4 nitrogen and oxygen atoms in total. The fourth-order valence-corrected chi connectivity index (χ4v) is 1.38. The van der Waals surface area contributed by atoms with Crippen LogP contribution in [0.25, 0.3) is 0 Å². The summed E-state index contributed by atoms with van der Waals surface area (Å²) in [7, 11) is 1.76. The quantitative estimate of drug-likeness (QED) is 0.826. The number of pyridine rings is 1. The first-order valence-electron chi connectivity index (χ1n) is 5.42. The molecule has 1 amide bonds. The van der Waals surface area contributed by atoms with Gasteiger partial charge in [0.15, 0.2) is 0 Å². The molecular formula is C12H19N3O. The number of amides is 1. The van der Waals surface area contributed by atoms with Gasteiger partial charge in [-0.2, -0.15) is 0 Å². The van der Waals surface area contributed by atoms with Crippen LogP contribution in [0, 0.1) is 5.92 Å². The maximum Gasteiger partial charge on any atom is 0.239 e.